The molecule has 0 radical (unpaired) electrons. The van der Waals surface area contributed by atoms with E-state index in [-0.39, 0.29) is 10.8 Å². The lowest BCUT2D eigenvalue weighted by molar-refractivity contribution is 0.0951. The Labute approximate surface area is 121 Å². The van der Waals surface area contributed by atoms with Crippen LogP contribution in [0.25, 0.3) is 0 Å². The molecule has 0 fully saturated rings. The van der Waals surface area contributed by atoms with Gasteiger partial charge >= 0.3 is 0 Å². The highest BCUT2D eigenvalue weighted by molar-refractivity contribution is 8.13. The van der Waals surface area contributed by atoms with Gasteiger partial charge in [-0.2, -0.15) is 0 Å². The Morgan fingerprint density at radius 3 is 2.15 bits per heavy atom. The maximum Gasteiger partial charge on any atom is 0.261 e. The summed E-state index contributed by atoms with van der Waals surface area (Å²) in [6.07, 6.45) is 0. The highest BCUT2D eigenvalue weighted by Gasteiger charge is 2.09. The lowest BCUT2D eigenvalue weighted by Crippen LogP contribution is -2.22. The summed E-state index contributed by atoms with van der Waals surface area (Å²) in [5.74, 6) is -0.181. The molecule has 2 rings (SSSR count). The van der Waals surface area contributed by atoms with Gasteiger partial charge in [-0.05, 0) is 29.8 Å². The van der Waals surface area contributed by atoms with Gasteiger partial charge in [0.05, 0.1) is 4.90 Å². The Bertz CT molecular complexity index is 697. The number of rotatable bonds is 4. The average Bonchev–Trinajstić information content (AvgIpc) is 2.45. The molecule has 4 nitrogen and oxygen atoms in total. The van der Waals surface area contributed by atoms with Crippen molar-refractivity contribution in [1.82, 2.24) is 5.32 Å². The first-order valence-electron chi connectivity index (χ1n) is 5.84. The monoisotopic (exact) mass is 309 g/mol. The predicted molar refractivity (Wildman–Crippen MR) is 77.1 cm³/mol. The molecule has 2 aromatic rings. The standard InChI is InChI=1S/C14H12ClNO3S/c15-20(18,19)13-8-6-11(7-9-13)10-16-14(17)12-4-2-1-3-5-12/h1-9H,10H2,(H,16,17). The Morgan fingerprint density at radius 1 is 1.00 bits per heavy atom. The van der Waals surface area contributed by atoms with Crippen LogP contribution in [0.5, 0.6) is 0 Å². The second kappa shape index (κ2) is 6.07. The largest absolute Gasteiger partial charge is 0.348 e. The van der Waals surface area contributed by atoms with Gasteiger partial charge in [-0.1, -0.05) is 30.3 Å². The third kappa shape index (κ3) is 3.82. The Morgan fingerprint density at radius 2 is 1.60 bits per heavy atom. The van der Waals surface area contributed by atoms with Crippen molar-refractivity contribution in [3.8, 4) is 0 Å². The Kier molecular flexibility index (Phi) is 4.42. The van der Waals surface area contributed by atoms with E-state index >= 15 is 0 Å². The smallest absolute Gasteiger partial charge is 0.261 e. The highest BCUT2D eigenvalue weighted by atomic mass is 35.7. The minimum Gasteiger partial charge on any atom is -0.348 e. The molecule has 0 unspecified atom stereocenters. The van der Waals surface area contributed by atoms with Crippen LogP contribution in [0.4, 0.5) is 0 Å². The molecular weight excluding hydrogens is 298 g/mol. The Hall–Kier alpha value is -1.85. The minimum absolute atomic E-state index is 0.0392. The van der Waals surface area contributed by atoms with Crippen molar-refractivity contribution in [2.24, 2.45) is 0 Å². The molecule has 1 N–H and O–H groups in total. The van der Waals surface area contributed by atoms with Gasteiger partial charge in [-0.25, -0.2) is 8.42 Å². The van der Waals surface area contributed by atoms with Crippen LogP contribution in [0.3, 0.4) is 0 Å². The molecule has 0 aromatic heterocycles. The van der Waals surface area contributed by atoms with E-state index in [9.17, 15) is 13.2 Å². The molecule has 0 saturated heterocycles. The summed E-state index contributed by atoms with van der Waals surface area (Å²) in [5.41, 5.74) is 1.37. The molecule has 0 atom stereocenters. The third-order valence-corrected chi connectivity index (χ3v) is 4.06. The fourth-order valence-corrected chi connectivity index (χ4v) is 2.41. The molecule has 0 heterocycles. The van der Waals surface area contributed by atoms with E-state index in [1.54, 1.807) is 36.4 Å². The van der Waals surface area contributed by atoms with Gasteiger partial charge in [-0.3, -0.25) is 4.79 Å². The van der Waals surface area contributed by atoms with Crippen LogP contribution in [-0.4, -0.2) is 14.3 Å². The van der Waals surface area contributed by atoms with E-state index in [2.05, 4.69) is 5.32 Å². The van der Waals surface area contributed by atoms with Crippen LogP contribution in [0.15, 0.2) is 59.5 Å². The predicted octanol–water partition coefficient (Wildman–Crippen LogP) is 2.54. The molecule has 104 valence electrons. The topological polar surface area (TPSA) is 63.2 Å². The van der Waals surface area contributed by atoms with Crippen molar-refractivity contribution in [3.05, 3.63) is 65.7 Å². The zero-order valence-electron chi connectivity index (χ0n) is 10.4. The van der Waals surface area contributed by atoms with Gasteiger partial charge in [0.2, 0.25) is 0 Å². The second-order valence-corrected chi connectivity index (χ2v) is 6.70. The van der Waals surface area contributed by atoms with E-state index in [0.29, 0.717) is 12.1 Å². The number of amides is 1. The lowest BCUT2D eigenvalue weighted by Gasteiger charge is -2.05. The van der Waals surface area contributed by atoms with Crippen molar-refractivity contribution >= 4 is 25.6 Å². The normalized spacial score (nSPS) is 11.1. The summed E-state index contributed by atoms with van der Waals surface area (Å²) in [4.78, 5) is 11.9. The van der Waals surface area contributed by atoms with E-state index in [4.69, 9.17) is 10.7 Å². The first kappa shape index (κ1) is 14.6. The number of benzene rings is 2. The zero-order chi connectivity index (χ0) is 14.6. The van der Waals surface area contributed by atoms with Crippen molar-refractivity contribution in [1.29, 1.82) is 0 Å². The molecule has 0 bridgehead atoms. The quantitative estimate of drug-likeness (QED) is 0.883. The molecule has 0 saturated carbocycles. The van der Waals surface area contributed by atoms with Crippen LogP contribution in [0.1, 0.15) is 15.9 Å². The van der Waals surface area contributed by atoms with Gasteiger partial charge in [0.25, 0.3) is 15.0 Å². The van der Waals surface area contributed by atoms with E-state index in [0.717, 1.165) is 5.56 Å². The summed E-state index contributed by atoms with van der Waals surface area (Å²) in [6, 6.07) is 14.9. The summed E-state index contributed by atoms with van der Waals surface area (Å²) < 4.78 is 22.2. The summed E-state index contributed by atoms with van der Waals surface area (Å²) in [7, 11) is 1.51. The van der Waals surface area contributed by atoms with E-state index in [1.807, 2.05) is 6.07 Å². The van der Waals surface area contributed by atoms with Gasteiger partial charge in [0.15, 0.2) is 0 Å². The molecule has 0 aliphatic heterocycles. The van der Waals surface area contributed by atoms with Gasteiger partial charge in [-0.15, -0.1) is 0 Å². The molecule has 0 aliphatic carbocycles. The van der Waals surface area contributed by atoms with Crippen LogP contribution in [0, 0.1) is 0 Å². The summed E-state index contributed by atoms with van der Waals surface area (Å²) in [6.45, 7) is 0.316. The third-order valence-electron chi connectivity index (χ3n) is 2.69. The van der Waals surface area contributed by atoms with Crippen LogP contribution in [0.2, 0.25) is 0 Å². The Balaban J connectivity index is 2.00. The average molecular weight is 310 g/mol. The first-order valence-corrected chi connectivity index (χ1v) is 8.14. The lowest BCUT2D eigenvalue weighted by atomic mass is 10.2. The van der Waals surface area contributed by atoms with E-state index < -0.39 is 9.05 Å². The summed E-state index contributed by atoms with van der Waals surface area (Å²) >= 11 is 0. The molecule has 20 heavy (non-hydrogen) atoms. The van der Waals surface area contributed by atoms with Gasteiger partial charge in [0, 0.05) is 22.8 Å². The molecule has 2 aromatic carbocycles. The molecular formula is C14H12ClNO3S. The zero-order valence-corrected chi connectivity index (χ0v) is 12.0. The highest BCUT2D eigenvalue weighted by Crippen LogP contribution is 2.15. The first-order chi connectivity index (χ1) is 9.47. The molecule has 6 heteroatoms. The number of halogens is 1. The van der Waals surface area contributed by atoms with Crippen LogP contribution < -0.4 is 5.32 Å². The number of carbonyl (C=O) groups is 1. The summed E-state index contributed by atoms with van der Waals surface area (Å²) in [5, 5.41) is 2.75. The van der Waals surface area contributed by atoms with Crippen molar-refractivity contribution < 1.29 is 13.2 Å². The van der Waals surface area contributed by atoms with E-state index in [1.165, 1.54) is 12.1 Å². The molecule has 0 aliphatic rings. The fraction of sp³-hybridized carbons (Fsp3) is 0.0714. The number of carbonyl (C=O) groups excluding carboxylic acids is 1. The number of hydrogen-bond acceptors (Lipinski definition) is 3. The number of hydrogen-bond donors (Lipinski definition) is 1. The number of nitrogens with one attached hydrogen (secondary N) is 1. The molecule has 0 spiro atoms. The van der Waals surface area contributed by atoms with Gasteiger partial charge in [0.1, 0.15) is 0 Å². The van der Waals surface area contributed by atoms with Crippen LogP contribution in [-0.2, 0) is 15.6 Å². The maximum atomic E-state index is 11.8. The minimum atomic E-state index is -3.71. The van der Waals surface area contributed by atoms with Crippen LogP contribution >= 0.6 is 10.7 Å². The fourth-order valence-electron chi connectivity index (χ4n) is 1.64. The maximum absolute atomic E-state index is 11.8. The van der Waals surface area contributed by atoms with Gasteiger partial charge < -0.3 is 5.32 Å². The second-order valence-electron chi connectivity index (χ2n) is 4.13. The SMILES string of the molecule is O=C(NCc1ccc(S(=O)(=O)Cl)cc1)c1ccccc1. The molecule has 1 amide bonds. The van der Waals surface area contributed by atoms with Crippen molar-refractivity contribution in [3.63, 3.8) is 0 Å². The van der Waals surface area contributed by atoms with Crippen molar-refractivity contribution in [2.45, 2.75) is 11.4 Å². The van der Waals surface area contributed by atoms with Crippen molar-refractivity contribution in [2.75, 3.05) is 0 Å².